The molecular formula is C37H62O2. The molecule has 0 heterocycles. The Balaban J connectivity index is 3.51. The molecule has 0 amide bonds. The van der Waals surface area contributed by atoms with Crippen molar-refractivity contribution in [3.8, 4) is 0 Å². The second-order valence-electron chi connectivity index (χ2n) is 10.8. The van der Waals surface area contributed by atoms with Gasteiger partial charge in [0.15, 0.2) is 0 Å². The maximum Gasteiger partial charge on any atom is 0.140 e. The van der Waals surface area contributed by atoms with Gasteiger partial charge < -0.3 is 0 Å². The number of allylic oxidation sites excluding steroid dienone is 10. The van der Waals surface area contributed by atoms with Crippen molar-refractivity contribution >= 4 is 11.6 Å². The van der Waals surface area contributed by atoms with Crippen LogP contribution in [0.1, 0.15) is 162 Å². The number of carbonyl (C=O) groups is 2. The van der Waals surface area contributed by atoms with Crippen LogP contribution in [0.5, 0.6) is 0 Å². The van der Waals surface area contributed by atoms with Crippen LogP contribution >= 0.6 is 0 Å². The van der Waals surface area contributed by atoms with Crippen molar-refractivity contribution < 1.29 is 9.59 Å². The zero-order chi connectivity index (χ0) is 28.5. The first-order valence-corrected chi connectivity index (χ1v) is 16.5. The highest BCUT2D eigenvalue weighted by Crippen LogP contribution is 2.13. The molecule has 0 unspecified atom stereocenters. The SMILES string of the molecule is CC/C=C/C/C=C/C/C=C/C/C=C/C/C=C/CCCC(=O)CC(=O)CCCCCCCCCCCCCCC. The number of ketones is 2. The monoisotopic (exact) mass is 538 g/mol. The standard InChI is InChI=1S/C37H62O2/c1-3-5-7-9-11-13-15-17-18-19-20-22-24-26-28-30-32-34-37(39)35-36(38)33-31-29-27-25-23-21-16-14-12-10-8-6-4-2/h5,7,11,13,17-18,20,22,26,28H,3-4,6,8-10,12,14-16,19,21,23-25,27,29-35H2,1-2H3/b7-5+,13-11+,18-17+,22-20+,28-26+. The highest BCUT2D eigenvalue weighted by molar-refractivity contribution is 5.98. The van der Waals surface area contributed by atoms with E-state index in [1.165, 1.54) is 70.6 Å². The zero-order valence-electron chi connectivity index (χ0n) is 25.9. The fraction of sp³-hybridized carbons (Fsp3) is 0.676. The maximum absolute atomic E-state index is 12.1. The summed E-state index contributed by atoms with van der Waals surface area (Å²) in [6, 6.07) is 0. The Morgan fingerprint density at radius 1 is 0.410 bits per heavy atom. The van der Waals surface area contributed by atoms with Crippen molar-refractivity contribution in [2.45, 2.75) is 162 Å². The van der Waals surface area contributed by atoms with Crippen molar-refractivity contribution in [2.24, 2.45) is 0 Å². The molecule has 222 valence electrons. The van der Waals surface area contributed by atoms with Crippen molar-refractivity contribution in [1.29, 1.82) is 0 Å². The lowest BCUT2D eigenvalue weighted by Gasteiger charge is -2.03. The van der Waals surface area contributed by atoms with Crippen LogP contribution in [0.4, 0.5) is 0 Å². The number of hydrogen-bond acceptors (Lipinski definition) is 2. The van der Waals surface area contributed by atoms with Gasteiger partial charge in [0.05, 0.1) is 6.42 Å². The molecule has 0 aromatic rings. The number of unbranched alkanes of at least 4 members (excludes halogenated alkanes) is 13. The summed E-state index contributed by atoms with van der Waals surface area (Å²) in [5, 5.41) is 0. The summed E-state index contributed by atoms with van der Waals surface area (Å²) in [5.41, 5.74) is 0. The molecule has 0 aliphatic carbocycles. The van der Waals surface area contributed by atoms with Crippen LogP contribution in [-0.2, 0) is 9.59 Å². The molecule has 0 saturated heterocycles. The molecule has 0 N–H and O–H groups in total. The van der Waals surface area contributed by atoms with Gasteiger partial charge in [0, 0.05) is 12.8 Å². The predicted molar refractivity (Wildman–Crippen MR) is 173 cm³/mol. The average molecular weight is 539 g/mol. The lowest BCUT2D eigenvalue weighted by atomic mass is 10.0. The van der Waals surface area contributed by atoms with E-state index in [2.05, 4.69) is 74.6 Å². The van der Waals surface area contributed by atoms with Crippen LogP contribution in [-0.4, -0.2) is 11.6 Å². The first-order chi connectivity index (χ1) is 19.2. The van der Waals surface area contributed by atoms with E-state index in [0.29, 0.717) is 12.8 Å². The molecule has 0 aliphatic rings. The fourth-order valence-electron chi connectivity index (χ4n) is 4.52. The molecule has 2 nitrogen and oxygen atoms in total. The van der Waals surface area contributed by atoms with E-state index in [1.807, 2.05) is 0 Å². The summed E-state index contributed by atoms with van der Waals surface area (Å²) >= 11 is 0. The van der Waals surface area contributed by atoms with Crippen molar-refractivity contribution in [1.82, 2.24) is 0 Å². The van der Waals surface area contributed by atoms with Crippen LogP contribution in [0.3, 0.4) is 0 Å². The van der Waals surface area contributed by atoms with E-state index < -0.39 is 0 Å². The van der Waals surface area contributed by atoms with Gasteiger partial charge in [-0.3, -0.25) is 9.59 Å². The Labute approximate surface area is 243 Å². The summed E-state index contributed by atoms with van der Waals surface area (Å²) < 4.78 is 0. The molecule has 0 aromatic heterocycles. The third-order valence-corrected chi connectivity index (χ3v) is 6.94. The van der Waals surface area contributed by atoms with E-state index in [9.17, 15) is 9.59 Å². The molecule has 39 heavy (non-hydrogen) atoms. The van der Waals surface area contributed by atoms with Crippen LogP contribution in [0.15, 0.2) is 60.8 Å². The lowest BCUT2D eigenvalue weighted by molar-refractivity contribution is -0.127. The molecule has 0 radical (unpaired) electrons. The summed E-state index contributed by atoms with van der Waals surface area (Å²) in [7, 11) is 0. The number of carbonyl (C=O) groups excluding carboxylic acids is 2. The van der Waals surface area contributed by atoms with E-state index in [0.717, 1.165) is 57.8 Å². The predicted octanol–water partition coefficient (Wildman–Crippen LogP) is 11.9. The van der Waals surface area contributed by atoms with Gasteiger partial charge in [-0.1, -0.05) is 152 Å². The highest BCUT2D eigenvalue weighted by Gasteiger charge is 2.08. The lowest BCUT2D eigenvalue weighted by Crippen LogP contribution is -2.07. The largest absolute Gasteiger partial charge is 0.299 e. The van der Waals surface area contributed by atoms with E-state index >= 15 is 0 Å². The maximum atomic E-state index is 12.1. The minimum absolute atomic E-state index is 0.113. The Kier molecular flexibility index (Phi) is 30.6. The highest BCUT2D eigenvalue weighted by atomic mass is 16.1. The molecule has 0 aromatic carbocycles. The molecule has 2 heteroatoms. The van der Waals surface area contributed by atoms with Gasteiger partial charge in [-0.15, -0.1) is 0 Å². The molecule has 0 bridgehead atoms. The van der Waals surface area contributed by atoms with Crippen LogP contribution < -0.4 is 0 Å². The Morgan fingerprint density at radius 2 is 0.769 bits per heavy atom. The Morgan fingerprint density at radius 3 is 1.21 bits per heavy atom. The molecule has 0 spiro atoms. The van der Waals surface area contributed by atoms with Crippen molar-refractivity contribution in [3.05, 3.63) is 60.8 Å². The first-order valence-electron chi connectivity index (χ1n) is 16.5. The molecular weight excluding hydrogens is 476 g/mol. The molecule has 0 fully saturated rings. The summed E-state index contributed by atoms with van der Waals surface area (Å²) in [5.74, 6) is 0.250. The van der Waals surface area contributed by atoms with Crippen LogP contribution in [0, 0.1) is 0 Å². The molecule has 0 rings (SSSR count). The third kappa shape index (κ3) is 32.2. The van der Waals surface area contributed by atoms with Crippen LogP contribution in [0.25, 0.3) is 0 Å². The van der Waals surface area contributed by atoms with E-state index in [4.69, 9.17) is 0 Å². The average Bonchev–Trinajstić information content (AvgIpc) is 2.93. The van der Waals surface area contributed by atoms with Gasteiger partial charge >= 0.3 is 0 Å². The van der Waals surface area contributed by atoms with Gasteiger partial charge in [0.2, 0.25) is 0 Å². The second kappa shape index (κ2) is 32.3. The fourth-order valence-corrected chi connectivity index (χ4v) is 4.52. The smallest absolute Gasteiger partial charge is 0.140 e. The number of Topliss-reactive ketones (excluding diaryl/α,β-unsaturated/α-hetero) is 2. The van der Waals surface area contributed by atoms with E-state index in [1.54, 1.807) is 0 Å². The van der Waals surface area contributed by atoms with Gasteiger partial charge in [-0.05, 0) is 51.4 Å². The van der Waals surface area contributed by atoms with Gasteiger partial charge in [0.1, 0.15) is 11.6 Å². The summed E-state index contributed by atoms with van der Waals surface area (Å²) in [6.07, 6.45) is 47.0. The summed E-state index contributed by atoms with van der Waals surface area (Å²) in [4.78, 5) is 24.2. The Hall–Kier alpha value is -1.96. The second-order valence-corrected chi connectivity index (χ2v) is 10.8. The van der Waals surface area contributed by atoms with Crippen molar-refractivity contribution in [3.63, 3.8) is 0 Å². The minimum Gasteiger partial charge on any atom is -0.299 e. The quantitative estimate of drug-likeness (QED) is 0.0539. The molecule has 0 atom stereocenters. The Bertz CT molecular complexity index is 692. The van der Waals surface area contributed by atoms with Crippen LogP contribution in [0.2, 0.25) is 0 Å². The topological polar surface area (TPSA) is 34.1 Å². The van der Waals surface area contributed by atoms with Gasteiger partial charge in [-0.2, -0.15) is 0 Å². The summed E-state index contributed by atoms with van der Waals surface area (Å²) in [6.45, 7) is 4.42. The normalized spacial score (nSPS) is 12.4. The number of rotatable bonds is 29. The zero-order valence-corrected chi connectivity index (χ0v) is 25.9. The number of hydrogen-bond donors (Lipinski definition) is 0. The first kappa shape index (κ1) is 37.0. The minimum atomic E-state index is 0.113. The molecule has 0 saturated carbocycles. The van der Waals surface area contributed by atoms with Gasteiger partial charge in [0.25, 0.3) is 0 Å². The third-order valence-electron chi connectivity index (χ3n) is 6.94. The molecule has 0 aliphatic heterocycles. The van der Waals surface area contributed by atoms with E-state index in [-0.39, 0.29) is 18.0 Å². The van der Waals surface area contributed by atoms with Crippen molar-refractivity contribution in [2.75, 3.05) is 0 Å². The van der Waals surface area contributed by atoms with Gasteiger partial charge in [-0.25, -0.2) is 0 Å².